The first kappa shape index (κ1) is 13.8. The number of nitrogens with one attached hydrogen (secondary N) is 1. The van der Waals surface area contributed by atoms with E-state index in [0.29, 0.717) is 5.92 Å². The summed E-state index contributed by atoms with van der Waals surface area (Å²) in [7, 11) is 0. The molecule has 2 aromatic rings. The fourth-order valence-electron chi connectivity index (χ4n) is 2.19. The summed E-state index contributed by atoms with van der Waals surface area (Å²) in [6.45, 7) is 5.01. The Morgan fingerprint density at radius 3 is 2.26 bits per heavy atom. The molecule has 0 saturated carbocycles. The zero-order valence-electron chi connectivity index (χ0n) is 11.4. The van der Waals surface area contributed by atoms with Gasteiger partial charge in [0.05, 0.1) is 0 Å². The molecule has 2 rings (SSSR count). The third-order valence-corrected chi connectivity index (χ3v) is 3.47. The van der Waals surface area contributed by atoms with Gasteiger partial charge in [-0.05, 0) is 24.5 Å². The largest absolute Gasteiger partial charge is 0.309 e. The quantitative estimate of drug-likeness (QED) is 0.843. The summed E-state index contributed by atoms with van der Waals surface area (Å²) in [5.74, 6) is 0.269. The van der Waals surface area contributed by atoms with Gasteiger partial charge in [-0.2, -0.15) is 0 Å². The SMILES string of the molecule is CC(CN[C@H](C)c1ccccc1F)c1ccccc1. The second-order valence-electron chi connectivity index (χ2n) is 4.96. The molecular weight excluding hydrogens is 237 g/mol. The first-order chi connectivity index (χ1) is 9.18. The van der Waals surface area contributed by atoms with Crippen molar-refractivity contribution < 1.29 is 4.39 Å². The van der Waals surface area contributed by atoms with Gasteiger partial charge in [0.25, 0.3) is 0 Å². The maximum Gasteiger partial charge on any atom is 0.127 e. The highest BCUT2D eigenvalue weighted by atomic mass is 19.1. The van der Waals surface area contributed by atoms with Crippen molar-refractivity contribution in [3.05, 3.63) is 71.5 Å². The average Bonchev–Trinajstić information content (AvgIpc) is 2.46. The van der Waals surface area contributed by atoms with E-state index < -0.39 is 0 Å². The Morgan fingerprint density at radius 2 is 1.58 bits per heavy atom. The second-order valence-corrected chi connectivity index (χ2v) is 4.96. The predicted octanol–water partition coefficient (Wildman–Crippen LogP) is 4.28. The van der Waals surface area contributed by atoms with Crippen LogP contribution in [0.3, 0.4) is 0 Å². The Balaban J connectivity index is 1.94. The second kappa shape index (κ2) is 6.48. The molecule has 100 valence electrons. The minimum absolute atomic E-state index is 0.0207. The lowest BCUT2D eigenvalue weighted by Crippen LogP contribution is -2.24. The lowest BCUT2D eigenvalue weighted by Gasteiger charge is -2.18. The monoisotopic (exact) mass is 257 g/mol. The van der Waals surface area contributed by atoms with Gasteiger partial charge in [-0.3, -0.25) is 0 Å². The van der Waals surface area contributed by atoms with Crippen LogP contribution in [0.15, 0.2) is 54.6 Å². The summed E-state index contributed by atoms with van der Waals surface area (Å²) in [5, 5.41) is 3.40. The van der Waals surface area contributed by atoms with Crippen molar-refractivity contribution in [2.45, 2.75) is 25.8 Å². The Kier molecular flexibility index (Phi) is 4.69. The molecule has 0 spiro atoms. The zero-order chi connectivity index (χ0) is 13.7. The normalized spacial score (nSPS) is 14.1. The molecule has 0 aliphatic heterocycles. The first-order valence-corrected chi connectivity index (χ1v) is 6.71. The highest BCUT2D eigenvalue weighted by Crippen LogP contribution is 2.18. The molecule has 2 atom stereocenters. The van der Waals surface area contributed by atoms with Crippen LogP contribution in [0.4, 0.5) is 4.39 Å². The maximum absolute atomic E-state index is 13.6. The van der Waals surface area contributed by atoms with Gasteiger partial charge in [0.1, 0.15) is 5.82 Å². The third kappa shape index (κ3) is 3.65. The van der Waals surface area contributed by atoms with Gasteiger partial charge in [0.2, 0.25) is 0 Å². The van der Waals surface area contributed by atoms with Crippen molar-refractivity contribution in [2.75, 3.05) is 6.54 Å². The van der Waals surface area contributed by atoms with E-state index in [2.05, 4.69) is 24.4 Å². The van der Waals surface area contributed by atoms with Crippen molar-refractivity contribution >= 4 is 0 Å². The molecule has 0 radical (unpaired) electrons. The van der Waals surface area contributed by atoms with Crippen molar-refractivity contribution in [3.63, 3.8) is 0 Å². The number of hydrogen-bond donors (Lipinski definition) is 1. The Labute approximate surface area is 114 Å². The van der Waals surface area contributed by atoms with Crippen LogP contribution in [0.1, 0.15) is 36.9 Å². The van der Waals surface area contributed by atoms with Crippen LogP contribution in [0.5, 0.6) is 0 Å². The van der Waals surface area contributed by atoms with Gasteiger partial charge >= 0.3 is 0 Å². The Bertz CT molecular complexity index is 510. The summed E-state index contributed by atoms with van der Waals surface area (Å²) in [6, 6.07) is 17.3. The fourth-order valence-corrected chi connectivity index (χ4v) is 2.19. The van der Waals surface area contributed by atoms with Crippen LogP contribution in [0.2, 0.25) is 0 Å². The van der Waals surface area contributed by atoms with Crippen molar-refractivity contribution in [1.82, 2.24) is 5.32 Å². The Morgan fingerprint density at radius 1 is 0.947 bits per heavy atom. The van der Waals surface area contributed by atoms with Crippen LogP contribution in [0, 0.1) is 5.82 Å². The standard InChI is InChI=1S/C17H20FN/c1-13(15-8-4-3-5-9-15)12-19-14(2)16-10-6-7-11-17(16)18/h3-11,13-14,19H,12H2,1-2H3/t13?,14-/m1/s1. The topological polar surface area (TPSA) is 12.0 Å². The predicted molar refractivity (Wildman–Crippen MR) is 77.7 cm³/mol. The molecule has 0 amide bonds. The van der Waals surface area contributed by atoms with E-state index in [9.17, 15) is 4.39 Å². The Hall–Kier alpha value is -1.67. The van der Waals surface area contributed by atoms with E-state index in [4.69, 9.17) is 0 Å². The molecule has 0 heterocycles. The van der Waals surface area contributed by atoms with Crippen molar-refractivity contribution in [3.8, 4) is 0 Å². The van der Waals surface area contributed by atoms with Gasteiger partial charge in [-0.15, -0.1) is 0 Å². The highest BCUT2D eigenvalue weighted by Gasteiger charge is 2.11. The van der Waals surface area contributed by atoms with Gasteiger partial charge in [0.15, 0.2) is 0 Å². The molecule has 1 nitrogen and oxygen atoms in total. The van der Waals surface area contributed by atoms with Crippen LogP contribution >= 0.6 is 0 Å². The molecular formula is C17H20FN. The van der Waals surface area contributed by atoms with Crippen LogP contribution in [-0.4, -0.2) is 6.54 Å². The molecule has 2 aromatic carbocycles. The van der Waals surface area contributed by atoms with E-state index in [1.54, 1.807) is 6.07 Å². The van der Waals surface area contributed by atoms with E-state index in [1.807, 2.05) is 37.3 Å². The molecule has 0 aliphatic carbocycles. The third-order valence-electron chi connectivity index (χ3n) is 3.47. The maximum atomic E-state index is 13.6. The van der Waals surface area contributed by atoms with Crippen LogP contribution in [0.25, 0.3) is 0 Å². The molecule has 19 heavy (non-hydrogen) atoms. The molecule has 2 heteroatoms. The smallest absolute Gasteiger partial charge is 0.127 e. The van der Waals surface area contributed by atoms with Gasteiger partial charge in [0, 0.05) is 18.2 Å². The van der Waals surface area contributed by atoms with Gasteiger partial charge in [-0.1, -0.05) is 55.5 Å². The van der Waals surface area contributed by atoms with E-state index in [-0.39, 0.29) is 11.9 Å². The van der Waals surface area contributed by atoms with E-state index >= 15 is 0 Å². The average molecular weight is 257 g/mol. The van der Waals surface area contributed by atoms with E-state index in [0.717, 1.165) is 12.1 Å². The molecule has 0 fully saturated rings. The molecule has 0 aliphatic rings. The van der Waals surface area contributed by atoms with Crippen molar-refractivity contribution in [2.24, 2.45) is 0 Å². The summed E-state index contributed by atoms with van der Waals surface area (Å²) in [5.41, 5.74) is 2.03. The summed E-state index contributed by atoms with van der Waals surface area (Å²) in [6.07, 6.45) is 0. The molecule has 1 N–H and O–H groups in total. The highest BCUT2D eigenvalue weighted by molar-refractivity contribution is 5.22. The molecule has 0 aromatic heterocycles. The molecule has 1 unspecified atom stereocenters. The lowest BCUT2D eigenvalue weighted by atomic mass is 10.0. The summed E-state index contributed by atoms with van der Waals surface area (Å²) in [4.78, 5) is 0. The number of hydrogen-bond acceptors (Lipinski definition) is 1. The van der Waals surface area contributed by atoms with Gasteiger partial charge < -0.3 is 5.32 Å². The van der Waals surface area contributed by atoms with E-state index in [1.165, 1.54) is 11.6 Å². The van der Waals surface area contributed by atoms with Gasteiger partial charge in [-0.25, -0.2) is 4.39 Å². The minimum atomic E-state index is -0.144. The van der Waals surface area contributed by atoms with Crippen LogP contribution < -0.4 is 5.32 Å². The number of rotatable bonds is 5. The lowest BCUT2D eigenvalue weighted by molar-refractivity contribution is 0.508. The summed E-state index contributed by atoms with van der Waals surface area (Å²) < 4.78 is 13.6. The molecule has 0 bridgehead atoms. The first-order valence-electron chi connectivity index (χ1n) is 6.71. The molecule has 0 saturated heterocycles. The minimum Gasteiger partial charge on any atom is -0.309 e. The summed E-state index contributed by atoms with van der Waals surface area (Å²) >= 11 is 0. The van der Waals surface area contributed by atoms with Crippen LogP contribution in [-0.2, 0) is 0 Å². The zero-order valence-corrected chi connectivity index (χ0v) is 11.4. The number of benzene rings is 2. The fraction of sp³-hybridized carbons (Fsp3) is 0.294. The van der Waals surface area contributed by atoms with Crippen molar-refractivity contribution in [1.29, 1.82) is 0 Å². The number of halogens is 1.